The minimum atomic E-state index is 0. The number of nitrogens with zero attached hydrogens (tertiary/aromatic N) is 4. The van der Waals surface area contributed by atoms with Gasteiger partial charge in [0.15, 0.2) is 0 Å². The van der Waals surface area contributed by atoms with Crippen LogP contribution in [0.2, 0.25) is 0 Å². The zero-order valence-electron chi connectivity index (χ0n) is 16.9. The molecule has 1 aliphatic carbocycles. The van der Waals surface area contributed by atoms with Crippen LogP contribution < -0.4 is 18.9 Å². The Morgan fingerprint density at radius 2 is 2.28 bits per heavy atom. The van der Waals surface area contributed by atoms with Gasteiger partial charge in [-0.2, -0.15) is 30.3 Å². The Morgan fingerprint density at radius 3 is 2.79 bits per heavy atom. The number of H-pyrrole nitrogens is 1. The van der Waals surface area contributed by atoms with E-state index in [2.05, 4.69) is 60.6 Å². The first kappa shape index (κ1) is 23.3. The zero-order valence-corrected chi connectivity index (χ0v) is 18.5. The molecule has 1 saturated carbocycles. The average molecular weight is 447 g/mol. The molecule has 0 unspecified atom stereocenters. The van der Waals surface area contributed by atoms with E-state index in [1.165, 1.54) is 24.8 Å². The molecule has 1 aromatic carbocycles. The molecule has 4 rings (SSSR count). The van der Waals surface area contributed by atoms with Crippen molar-refractivity contribution in [3.8, 4) is 0 Å². The van der Waals surface area contributed by atoms with Crippen molar-refractivity contribution in [2.45, 2.75) is 32.1 Å². The molecule has 6 nitrogen and oxygen atoms in total. The smallest absolute Gasteiger partial charge is 0.417 e. The number of rotatable bonds is 5. The molecule has 0 spiro atoms. The van der Waals surface area contributed by atoms with Crippen LogP contribution in [-0.2, 0) is 11.8 Å². The normalized spacial score (nSPS) is 14.8. The number of hydrogen-bond donors (Lipinski definition) is 1. The fourth-order valence-corrected chi connectivity index (χ4v) is 3.58. The van der Waals surface area contributed by atoms with E-state index in [1.807, 2.05) is 30.7 Å². The third-order valence-electron chi connectivity index (χ3n) is 4.99. The van der Waals surface area contributed by atoms with Gasteiger partial charge < -0.3 is 14.5 Å². The van der Waals surface area contributed by atoms with Crippen molar-refractivity contribution in [2.75, 3.05) is 0 Å². The summed E-state index contributed by atoms with van der Waals surface area (Å²) < 4.78 is 2.88. The zero-order chi connectivity index (χ0) is 19.9. The molecular weight excluding hydrogens is 425 g/mol. The first-order valence-corrected chi connectivity index (χ1v) is 9.98. The second-order valence-electron chi connectivity index (χ2n) is 6.70. The van der Waals surface area contributed by atoms with Gasteiger partial charge in [0, 0.05) is 19.3 Å². The van der Waals surface area contributed by atoms with Gasteiger partial charge in [-0.25, -0.2) is 5.10 Å². The van der Waals surface area contributed by atoms with E-state index < -0.39 is 0 Å². The van der Waals surface area contributed by atoms with Gasteiger partial charge in [0.25, 0.3) is 0 Å². The molecule has 3 aromatic rings. The van der Waals surface area contributed by atoms with Crippen LogP contribution in [0.5, 0.6) is 0 Å². The van der Waals surface area contributed by atoms with Crippen LogP contribution in [-0.4, -0.2) is 31.2 Å². The predicted molar refractivity (Wildman–Crippen MR) is 111 cm³/mol. The van der Waals surface area contributed by atoms with Gasteiger partial charge in [-0.1, -0.05) is 51.4 Å². The number of benzene rings is 1. The van der Waals surface area contributed by atoms with Gasteiger partial charge in [0.2, 0.25) is 0 Å². The fraction of sp³-hybridized carbons (Fsp3) is 0.333. The summed E-state index contributed by atoms with van der Waals surface area (Å²) >= 11 is 3.28. The number of aryl methyl sites for hydroxylation is 1. The number of allylic oxidation sites excluding steroid dienone is 1. The average Bonchev–Trinajstić information content (AvgIpc) is 3.34. The molecule has 1 atom stereocenters. The maximum atomic E-state index is 10.3. The number of nitrogens with one attached hydrogen (secondary N) is 1. The summed E-state index contributed by atoms with van der Waals surface area (Å²) in [4.78, 5) is 10.3. The van der Waals surface area contributed by atoms with Gasteiger partial charge in [0.1, 0.15) is 12.2 Å². The number of aromatic nitrogens is 5. The Hall–Kier alpha value is -1.94. The van der Waals surface area contributed by atoms with Crippen LogP contribution in [0.15, 0.2) is 42.9 Å². The summed E-state index contributed by atoms with van der Waals surface area (Å²) in [6, 6.07) is 11.4. The Morgan fingerprint density at radius 1 is 1.48 bits per heavy atom. The van der Waals surface area contributed by atoms with Gasteiger partial charge in [-0.05, 0) is 19.0 Å². The van der Waals surface area contributed by atoms with E-state index in [9.17, 15) is 4.79 Å². The second kappa shape index (κ2) is 11.3. The summed E-state index contributed by atoms with van der Waals surface area (Å²) in [6.07, 6.45) is 10.9. The molecule has 8 heteroatoms. The topological polar surface area (TPSA) is 76.5 Å². The van der Waals surface area contributed by atoms with Gasteiger partial charge in [-0.3, -0.25) is 0 Å². The first-order valence-electron chi connectivity index (χ1n) is 9.19. The van der Waals surface area contributed by atoms with Crippen molar-refractivity contribution >= 4 is 26.7 Å². The van der Waals surface area contributed by atoms with Crippen molar-refractivity contribution < 1.29 is 23.7 Å². The molecule has 146 valence electrons. The maximum Gasteiger partial charge on any atom is 1.00 e. The number of aromatic amines is 1. The molecule has 1 aliphatic rings. The van der Waals surface area contributed by atoms with Crippen LogP contribution in [0.25, 0.3) is 4.48 Å². The fourth-order valence-electron chi connectivity index (χ4n) is 3.28. The molecule has 0 amide bonds. The Labute approximate surface area is 191 Å². The Kier molecular flexibility index (Phi) is 9.09. The third kappa shape index (κ3) is 5.56. The summed E-state index contributed by atoms with van der Waals surface area (Å²) in [5.74, 6) is 2.18. The van der Waals surface area contributed by atoms with Crippen LogP contribution in [0.3, 0.4) is 0 Å². The van der Waals surface area contributed by atoms with E-state index in [0.29, 0.717) is 17.5 Å². The number of carbonyl (C=O) groups excluding carboxylic acids is 1. The van der Waals surface area contributed by atoms with E-state index in [-0.39, 0.29) is 18.9 Å². The van der Waals surface area contributed by atoms with Gasteiger partial charge in [0.05, 0.1) is 0 Å². The second-order valence-corrected chi connectivity index (χ2v) is 7.56. The molecule has 0 radical (unpaired) electrons. The first-order chi connectivity index (χ1) is 13.7. The molecule has 0 saturated heterocycles. The SMILES string of the molecule is C/C=C(/Br)c1cn[nH]c1[C-]=O.Cn1cnnc1[C@@H](c1c[c-]ccc1)C1CCC1.[Li+]. The van der Waals surface area contributed by atoms with Crippen LogP contribution >= 0.6 is 15.9 Å². The van der Waals surface area contributed by atoms with E-state index in [4.69, 9.17) is 0 Å². The summed E-state index contributed by atoms with van der Waals surface area (Å²) in [7, 11) is 2.02. The molecule has 2 aromatic heterocycles. The van der Waals surface area contributed by atoms with Crippen molar-refractivity contribution in [1.29, 1.82) is 0 Å². The molecule has 0 bridgehead atoms. The number of halogens is 1. The van der Waals surface area contributed by atoms with E-state index in [1.54, 1.807) is 18.8 Å². The Bertz CT molecular complexity index is 933. The third-order valence-corrected chi connectivity index (χ3v) is 5.87. The maximum absolute atomic E-state index is 10.3. The van der Waals surface area contributed by atoms with Crippen molar-refractivity contribution in [3.05, 3.63) is 71.6 Å². The minimum absolute atomic E-state index is 0. The summed E-state index contributed by atoms with van der Waals surface area (Å²) in [5.41, 5.74) is 2.42. The summed E-state index contributed by atoms with van der Waals surface area (Å²) in [5, 5.41) is 14.5. The molecule has 1 fully saturated rings. The standard InChI is InChI=1S/C14H16N3.C7H6BrN2O.Li/c1-17-10-15-16-14(17)13(12-8-5-9-12)11-6-3-2-4-7-11;1-2-6(8)5-3-9-10-7(5)4-11;/h2-3,6-7,10,12-13H,5,8-9H2,1H3;2-3H,1H3,(H,9,10);/q2*-1;+1/b;6-2+;/t13-;;/m0../s1. The summed E-state index contributed by atoms with van der Waals surface area (Å²) in [6.45, 7) is 1.87. The largest absolute Gasteiger partial charge is 1.00 e. The van der Waals surface area contributed by atoms with Crippen LogP contribution in [0, 0.1) is 12.0 Å². The predicted octanol–water partition coefficient (Wildman–Crippen LogP) is 1.17. The van der Waals surface area contributed by atoms with E-state index in [0.717, 1.165) is 15.9 Å². The number of hydrogen-bond acceptors (Lipinski definition) is 4. The molecule has 0 aliphatic heterocycles. The molecule has 2 heterocycles. The van der Waals surface area contributed by atoms with Gasteiger partial charge >= 0.3 is 18.9 Å². The molecule has 1 N–H and O–H groups in total. The Balaban J connectivity index is 0.000000219. The van der Waals surface area contributed by atoms with Crippen LogP contribution in [0.4, 0.5) is 0 Å². The van der Waals surface area contributed by atoms with Crippen molar-refractivity contribution in [3.63, 3.8) is 0 Å². The van der Waals surface area contributed by atoms with Crippen molar-refractivity contribution in [1.82, 2.24) is 25.0 Å². The van der Waals surface area contributed by atoms with E-state index >= 15 is 0 Å². The quantitative estimate of drug-likeness (QED) is 0.471. The van der Waals surface area contributed by atoms with Crippen LogP contribution in [0.1, 0.15) is 54.7 Å². The molecule has 29 heavy (non-hydrogen) atoms. The van der Waals surface area contributed by atoms with Gasteiger partial charge in [-0.15, -0.1) is 21.3 Å². The van der Waals surface area contributed by atoms with Crippen molar-refractivity contribution in [2.24, 2.45) is 13.0 Å². The monoisotopic (exact) mass is 446 g/mol. The minimum Gasteiger partial charge on any atom is -0.417 e. The molecular formula is C21H22BrLiN5O-.